The maximum Gasteiger partial charge on any atom is 0.152 e. The molecule has 0 saturated carbocycles. The molecule has 1 aliphatic carbocycles. The Morgan fingerprint density at radius 3 is 2.93 bits per heavy atom. The van der Waals surface area contributed by atoms with Crippen LogP contribution in [0.5, 0.6) is 0 Å². The molecule has 0 amide bonds. The van der Waals surface area contributed by atoms with Crippen molar-refractivity contribution >= 4 is 12.6 Å². The summed E-state index contributed by atoms with van der Waals surface area (Å²) in [6.45, 7) is 0. The Morgan fingerprint density at radius 2 is 2.27 bits per heavy atom. The Labute approximate surface area is 87.0 Å². The van der Waals surface area contributed by atoms with Gasteiger partial charge in [0.25, 0.3) is 0 Å². The van der Waals surface area contributed by atoms with Crippen LogP contribution >= 0.6 is 0 Å². The lowest BCUT2D eigenvalue weighted by molar-refractivity contribution is -0.108. The molecule has 2 aliphatic rings. The van der Waals surface area contributed by atoms with E-state index in [1.807, 2.05) is 12.1 Å². The average Bonchev–Trinajstić information content (AvgIpc) is 2.87. The van der Waals surface area contributed by atoms with Crippen molar-refractivity contribution < 1.29 is 14.3 Å². The molecule has 0 bridgehead atoms. The number of aryl methyl sites for hydroxylation is 1. The lowest BCUT2D eigenvalue weighted by Crippen LogP contribution is -2.11. The summed E-state index contributed by atoms with van der Waals surface area (Å²) < 4.78 is 5.46. The fourth-order valence-corrected chi connectivity index (χ4v) is 2.62. The summed E-state index contributed by atoms with van der Waals surface area (Å²) in [7, 11) is 0. The van der Waals surface area contributed by atoms with Crippen LogP contribution < -0.4 is 0 Å². The van der Waals surface area contributed by atoms with Crippen molar-refractivity contribution in [3.8, 4) is 0 Å². The smallest absolute Gasteiger partial charge is 0.152 e. The van der Waals surface area contributed by atoms with Gasteiger partial charge in [-0.05, 0) is 18.4 Å². The van der Waals surface area contributed by atoms with Crippen molar-refractivity contribution in [2.75, 3.05) is 0 Å². The van der Waals surface area contributed by atoms with E-state index >= 15 is 0 Å². The summed E-state index contributed by atoms with van der Waals surface area (Å²) >= 11 is 0. The first-order valence-electron chi connectivity index (χ1n) is 5.02. The maximum absolute atomic E-state index is 10.9. The lowest BCUT2D eigenvalue weighted by Gasteiger charge is -2.07. The largest absolute Gasteiger partial charge is 0.353 e. The number of carbonyl (C=O) groups is 2. The molecule has 1 heterocycles. The van der Waals surface area contributed by atoms with Gasteiger partial charge in [0.2, 0.25) is 0 Å². The summed E-state index contributed by atoms with van der Waals surface area (Å²) in [6.07, 6.45) is 3.03. The zero-order chi connectivity index (χ0) is 10.5. The molecule has 0 aromatic heterocycles. The van der Waals surface area contributed by atoms with Gasteiger partial charge in [-0.25, -0.2) is 0 Å². The van der Waals surface area contributed by atoms with Crippen molar-refractivity contribution in [3.63, 3.8) is 0 Å². The molecule has 1 aromatic rings. The molecule has 1 aliphatic heterocycles. The second kappa shape index (κ2) is 2.76. The highest BCUT2D eigenvalue weighted by Gasteiger charge is 2.61. The van der Waals surface area contributed by atoms with Gasteiger partial charge >= 0.3 is 0 Å². The van der Waals surface area contributed by atoms with Crippen LogP contribution in [0.15, 0.2) is 18.2 Å². The fraction of sp³-hybridized carbons (Fsp3) is 0.333. The Kier molecular flexibility index (Phi) is 1.62. The lowest BCUT2D eigenvalue weighted by atomic mass is 9.94. The number of hydrogen-bond donors (Lipinski definition) is 0. The molecule has 15 heavy (non-hydrogen) atoms. The van der Waals surface area contributed by atoms with Gasteiger partial charge in [-0.3, -0.25) is 4.79 Å². The zero-order valence-corrected chi connectivity index (χ0v) is 8.10. The van der Waals surface area contributed by atoms with Gasteiger partial charge in [0.05, 0.1) is 0 Å². The molecule has 2 atom stereocenters. The monoisotopic (exact) mass is 202 g/mol. The summed E-state index contributed by atoms with van der Waals surface area (Å²) in [5.41, 5.74) is 2.28. The molecule has 1 saturated heterocycles. The number of hydrogen-bond acceptors (Lipinski definition) is 3. The number of aldehydes is 2. The molecule has 3 rings (SSSR count). The Bertz CT molecular complexity index is 452. The number of benzene rings is 1. The molecule has 1 aromatic carbocycles. The highest BCUT2D eigenvalue weighted by Crippen LogP contribution is 2.55. The van der Waals surface area contributed by atoms with Crippen molar-refractivity contribution in [3.05, 3.63) is 34.9 Å². The third-order valence-corrected chi connectivity index (χ3v) is 3.36. The number of carbonyl (C=O) groups excluding carboxylic acids is 2. The molecule has 1 spiro atoms. The Morgan fingerprint density at radius 1 is 1.40 bits per heavy atom. The number of rotatable bonds is 2. The molecule has 1 fully saturated rings. The van der Waals surface area contributed by atoms with Crippen molar-refractivity contribution in [1.29, 1.82) is 0 Å². The van der Waals surface area contributed by atoms with Crippen molar-refractivity contribution in [1.82, 2.24) is 0 Å². The maximum atomic E-state index is 10.9. The molecular formula is C12H10O3. The first-order valence-corrected chi connectivity index (χ1v) is 5.02. The van der Waals surface area contributed by atoms with E-state index in [9.17, 15) is 9.59 Å². The van der Waals surface area contributed by atoms with E-state index in [2.05, 4.69) is 0 Å². The second-order valence-electron chi connectivity index (χ2n) is 4.06. The zero-order valence-electron chi connectivity index (χ0n) is 8.10. The standard InChI is InChI=1S/C12H10O3/c13-6-9-3-1-2-8-4-5-12(11(8)9)10(7-14)15-12/h1-3,6-7,10H,4-5H2. The molecular weight excluding hydrogens is 192 g/mol. The molecule has 0 radical (unpaired) electrons. The van der Waals surface area contributed by atoms with E-state index < -0.39 is 5.60 Å². The quantitative estimate of drug-likeness (QED) is 0.535. The molecule has 0 N–H and O–H groups in total. The topological polar surface area (TPSA) is 46.7 Å². The van der Waals surface area contributed by atoms with Crippen LogP contribution in [0.3, 0.4) is 0 Å². The Hall–Kier alpha value is -1.48. The van der Waals surface area contributed by atoms with Gasteiger partial charge in [-0.15, -0.1) is 0 Å². The van der Waals surface area contributed by atoms with E-state index in [1.54, 1.807) is 6.07 Å². The van der Waals surface area contributed by atoms with Crippen LogP contribution in [0.4, 0.5) is 0 Å². The minimum Gasteiger partial charge on any atom is -0.353 e. The highest BCUT2D eigenvalue weighted by molar-refractivity contribution is 5.81. The van der Waals surface area contributed by atoms with Gasteiger partial charge in [0, 0.05) is 11.1 Å². The van der Waals surface area contributed by atoms with Crippen LogP contribution in [-0.2, 0) is 21.6 Å². The normalized spacial score (nSPS) is 31.3. The SMILES string of the molecule is O=Cc1cccc2c1C1(CC2)OC1C=O. The van der Waals surface area contributed by atoms with Crippen LogP contribution in [0.1, 0.15) is 27.9 Å². The predicted octanol–water partition coefficient (Wildman–Crippen LogP) is 1.24. The van der Waals surface area contributed by atoms with Crippen LogP contribution in [0, 0.1) is 0 Å². The van der Waals surface area contributed by atoms with Gasteiger partial charge in [-0.1, -0.05) is 18.2 Å². The highest BCUT2D eigenvalue weighted by atomic mass is 16.6. The van der Waals surface area contributed by atoms with Gasteiger partial charge in [-0.2, -0.15) is 0 Å². The summed E-state index contributed by atoms with van der Waals surface area (Å²) in [5, 5.41) is 0. The number of fused-ring (bicyclic) bond motifs is 2. The average molecular weight is 202 g/mol. The minimum atomic E-state index is -0.464. The van der Waals surface area contributed by atoms with E-state index in [0.717, 1.165) is 36.5 Å². The van der Waals surface area contributed by atoms with Gasteiger partial charge in [0.1, 0.15) is 18.0 Å². The second-order valence-corrected chi connectivity index (χ2v) is 4.06. The van der Waals surface area contributed by atoms with Crippen molar-refractivity contribution in [2.45, 2.75) is 24.5 Å². The summed E-state index contributed by atoms with van der Waals surface area (Å²) in [5.74, 6) is 0. The summed E-state index contributed by atoms with van der Waals surface area (Å²) in [6, 6.07) is 5.66. The molecule has 76 valence electrons. The Balaban J connectivity index is 2.17. The van der Waals surface area contributed by atoms with E-state index in [1.165, 1.54) is 0 Å². The fourth-order valence-electron chi connectivity index (χ4n) is 2.62. The van der Waals surface area contributed by atoms with E-state index in [4.69, 9.17) is 4.74 Å². The minimum absolute atomic E-state index is 0.347. The van der Waals surface area contributed by atoms with E-state index in [-0.39, 0.29) is 6.10 Å². The van der Waals surface area contributed by atoms with E-state index in [0.29, 0.717) is 5.56 Å². The van der Waals surface area contributed by atoms with Gasteiger partial charge in [0.15, 0.2) is 6.29 Å². The third kappa shape index (κ3) is 0.984. The summed E-state index contributed by atoms with van der Waals surface area (Å²) in [4.78, 5) is 21.7. The number of epoxide rings is 1. The first kappa shape index (κ1) is 8.80. The molecule has 3 nitrogen and oxygen atoms in total. The van der Waals surface area contributed by atoms with Gasteiger partial charge < -0.3 is 9.53 Å². The van der Waals surface area contributed by atoms with Crippen molar-refractivity contribution in [2.24, 2.45) is 0 Å². The van der Waals surface area contributed by atoms with Crippen LogP contribution in [-0.4, -0.2) is 18.7 Å². The van der Waals surface area contributed by atoms with Crippen LogP contribution in [0.2, 0.25) is 0 Å². The van der Waals surface area contributed by atoms with Crippen LogP contribution in [0.25, 0.3) is 0 Å². The number of ether oxygens (including phenoxy) is 1. The predicted molar refractivity (Wildman–Crippen MR) is 52.8 cm³/mol. The molecule has 2 unspecified atom stereocenters. The molecule has 3 heteroatoms. The third-order valence-electron chi connectivity index (χ3n) is 3.36. The first-order chi connectivity index (χ1) is 7.31.